The first kappa shape index (κ1) is 24.4. The Kier molecular flexibility index (Phi) is 9.39. The van der Waals surface area contributed by atoms with Crippen LogP contribution in [0.2, 0.25) is 0 Å². The fourth-order valence-corrected chi connectivity index (χ4v) is 4.23. The van der Waals surface area contributed by atoms with Gasteiger partial charge in [-0.25, -0.2) is 4.98 Å². The largest absolute Gasteiger partial charge is 0.497 e. The number of amides is 1. The average molecular weight is 454 g/mol. The first-order valence-electron chi connectivity index (χ1n) is 10.3. The lowest BCUT2D eigenvalue weighted by molar-refractivity contribution is -0.119. The fourth-order valence-electron chi connectivity index (χ4n) is 3.37. The SMILES string of the molecule is CCN(CC)CCCN(C(=O)C1CC1)c1nc(-c2cc(OC)ccc2OC)cs1.Cl. The minimum Gasteiger partial charge on any atom is -0.497 e. The third-order valence-corrected chi connectivity index (χ3v) is 6.21. The zero-order valence-corrected chi connectivity index (χ0v) is 19.9. The van der Waals surface area contributed by atoms with E-state index >= 15 is 0 Å². The number of carbonyl (C=O) groups is 1. The molecule has 1 aromatic heterocycles. The number of aromatic nitrogens is 1. The molecule has 0 saturated heterocycles. The van der Waals surface area contributed by atoms with Gasteiger partial charge in [-0.15, -0.1) is 23.7 Å². The van der Waals surface area contributed by atoms with Gasteiger partial charge in [0.25, 0.3) is 0 Å². The topological polar surface area (TPSA) is 54.9 Å². The summed E-state index contributed by atoms with van der Waals surface area (Å²) in [6.07, 6.45) is 2.93. The Labute approximate surface area is 189 Å². The molecule has 1 aromatic carbocycles. The normalized spacial score (nSPS) is 13.1. The van der Waals surface area contributed by atoms with Crippen molar-refractivity contribution in [3.63, 3.8) is 0 Å². The summed E-state index contributed by atoms with van der Waals surface area (Å²) in [4.78, 5) is 22.0. The van der Waals surface area contributed by atoms with Gasteiger partial charge >= 0.3 is 0 Å². The third kappa shape index (κ3) is 5.86. The van der Waals surface area contributed by atoms with Crippen molar-refractivity contribution in [1.29, 1.82) is 0 Å². The van der Waals surface area contributed by atoms with E-state index in [2.05, 4.69) is 18.7 Å². The van der Waals surface area contributed by atoms with E-state index in [9.17, 15) is 4.79 Å². The van der Waals surface area contributed by atoms with Crippen molar-refractivity contribution in [2.75, 3.05) is 45.3 Å². The smallest absolute Gasteiger partial charge is 0.231 e. The Bertz CT molecular complexity index is 822. The number of hydrogen-bond acceptors (Lipinski definition) is 6. The van der Waals surface area contributed by atoms with Crippen LogP contribution in [-0.2, 0) is 4.79 Å². The molecule has 1 aliphatic carbocycles. The van der Waals surface area contributed by atoms with Crippen LogP contribution in [0.5, 0.6) is 11.5 Å². The van der Waals surface area contributed by atoms with Gasteiger partial charge in [0.15, 0.2) is 5.13 Å². The van der Waals surface area contributed by atoms with Crippen LogP contribution >= 0.6 is 23.7 Å². The molecular formula is C22H32ClN3O3S. The maximum absolute atomic E-state index is 12.9. The van der Waals surface area contributed by atoms with Crippen LogP contribution in [0, 0.1) is 5.92 Å². The Morgan fingerprint density at radius 1 is 1.17 bits per heavy atom. The van der Waals surface area contributed by atoms with Gasteiger partial charge in [0.05, 0.1) is 19.9 Å². The number of carbonyl (C=O) groups excluding carboxylic acids is 1. The lowest BCUT2D eigenvalue weighted by Crippen LogP contribution is -2.35. The van der Waals surface area contributed by atoms with Crippen LogP contribution in [0.3, 0.4) is 0 Å². The second-order valence-corrected chi connectivity index (χ2v) is 8.06. The van der Waals surface area contributed by atoms with Crippen LogP contribution in [0.25, 0.3) is 11.3 Å². The number of thiazole rings is 1. The summed E-state index contributed by atoms with van der Waals surface area (Å²) in [5, 5.41) is 2.76. The molecule has 166 valence electrons. The summed E-state index contributed by atoms with van der Waals surface area (Å²) in [5.74, 6) is 1.87. The standard InChI is InChI=1S/C22H31N3O3S.ClH/c1-5-24(6-2)12-7-13-25(21(26)16-8-9-16)22-23-19(15-29-22)18-14-17(27-3)10-11-20(18)28-4;/h10-11,14-16H,5-9,12-13H2,1-4H3;1H. The zero-order chi connectivity index (χ0) is 20.8. The predicted octanol–water partition coefficient (Wildman–Crippen LogP) is 4.72. The Balaban J connectivity index is 0.00000320. The van der Waals surface area contributed by atoms with Gasteiger partial charge < -0.3 is 14.4 Å². The highest BCUT2D eigenvalue weighted by molar-refractivity contribution is 7.14. The summed E-state index contributed by atoms with van der Waals surface area (Å²) in [6, 6.07) is 5.67. The van der Waals surface area contributed by atoms with E-state index in [4.69, 9.17) is 14.5 Å². The van der Waals surface area contributed by atoms with Gasteiger partial charge in [-0.3, -0.25) is 9.69 Å². The average Bonchev–Trinajstić information content (AvgIpc) is 3.50. The van der Waals surface area contributed by atoms with Crippen molar-refractivity contribution in [3.05, 3.63) is 23.6 Å². The molecule has 1 heterocycles. The van der Waals surface area contributed by atoms with E-state index < -0.39 is 0 Å². The molecule has 8 heteroatoms. The van der Waals surface area contributed by atoms with Crippen molar-refractivity contribution in [1.82, 2.24) is 9.88 Å². The number of rotatable bonds is 11. The minimum absolute atomic E-state index is 0. The predicted molar refractivity (Wildman–Crippen MR) is 125 cm³/mol. The van der Waals surface area contributed by atoms with Gasteiger partial charge in [0.2, 0.25) is 5.91 Å². The lowest BCUT2D eigenvalue weighted by Gasteiger charge is -2.23. The van der Waals surface area contributed by atoms with E-state index in [0.29, 0.717) is 6.54 Å². The fraction of sp³-hybridized carbons (Fsp3) is 0.545. The molecule has 0 unspecified atom stereocenters. The highest BCUT2D eigenvalue weighted by atomic mass is 35.5. The molecule has 1 saturated carbocycles. The van der Waals surface area contributed by atoms with Crippen molar-refractivity contribution in [2.45, 2.75) is 33.1 Å². The van der Waals surface area contributed by atoms with Gasteiger partial charge in [0, 0.05) is 23.4 Å². The van der Waals surface area contributed by atoms with Crippen LogP contribution in [-0.4, -0.2) is 56.2 Å². The van der Waals surface area contributed by atoms with Crippen molar-refractivity contribution >= 4 is 34.8 Å². The molecule has 0 bridgehead atoms. The van der Waals surface area contributed by atoms with Crippen LogP contribution < -0.4 is 14.4 Å². The summed E-state index contributed by atoms with van der Waals surface area (Å²) < 4.78 is 10.9. The van der Waals surface area contributed by atoms with Crippen LogP contribution in [0.1, 0.15) is 33.1 Å². The summed E-state index contributed by atoms with van der Waals surface area (Å²) in [5.41, 5.74) is 1.68. The maximum Gasteiger partial charge on any atom is 0.231 e. The Hall–Kier alpha value is -1.83. The van der Waals surface area contributed by atoms with Crippen molar-refractivity contribution < 1.29 is 14.3 Å². The van der Waals surface area contributed by atoms with Crippen molar-refractivity contribution in [2.24, 2.45) is 5.92 Å². The second-order valence-electron chi connectivity index (χ2n) is 7.23. The first-order chi connectivity index (χ1) is 14.1. The van der Waals surface area contributed by atoms with Gasteiger partial charge in [-0.05, 0) is 57.1 Å². The lowest BCUT2D eigenvalue weighted by atomic mass is 10.1. The monoisotopic (exact) mass is 453 g/mol. The number of hydrogen-bond donors (Lipinski definition) is 0. The quantitative estimate of drug-likeness (QED) is 0.492. The molecule has 30 heavy (non-hydrogen) atoms. The number of halogens is 1. The molecule has 0 spiro atoms. The summed E-state index contributed by atoms with van der Waals surface area (Å²) in [6.45, 7) is 8.10. The molecule has 0 radical (unpaired) electrons. The van der Waals surface area contributed by atoms with E-state index in [1.54, 1.807) is 14.2 Å². The first-order valence-corrected chi connectivity index (χ1v) is 11.2. The summed E-state index contributed by atoms with van der Waals surface area (Å²) in [7, 11) is 3.29. The van der Waals surface area contributed by atoms with Crippen LogP contribution in [0.15, 0.2) is 23.6 Å². The second kappa shape index (κ2) is 11.5. The Morgan fingerprint density at radius 2 is 1.90 bits per heavy atom. The van der Waals surface area contributed by atoms with Gasteiger partial charge in [0.1, 0.15) is 11.5 Å². The number of nitrogens with zero attached hydrogens (tertiary/aromatic N) is 3. The van der Waals surface area contributed by atoms with Gasteiger partial charge in [-0.1, -0.05) is 13.8 Å². The van der Waals surface area contributed by atoms with Crippen molar-refractivity contribution in [3.8, 4) is 22.8 Å². The number of ether oxygens (including phenoxy) is 2. The Morgan fingerprint density at radius 3 is 2.50 bits per heavy atom. The minimum atomic E-state index is 0. The zero-order valence-electron chi connectivity index (χ0n) is 18.2. The number of anilines is 1. The van der Waals surface area contributed by atoms with Crippen LogP contribution in [0.4, 0.5) is 5.13 Å². The molecule has 0 aliphatic heterocycles. The number of methoxy groups -OCH3 is 2. The third-order valence-electron chi connectivity index (χ3n) is 5.35. The number of benzene rings is 1. The van der Waals surface area contributed by atoms with Gasteiger partial charge in [-0.2, -0.15) is 0 Å². The molecule has 1 aliphatic rings. The molecule has 6 nitrogen and oxygen atoms in total. The van der Waals surface area contributed by atoms with E-state index in [0.717, 1.165) is 66.8 Å². The molecule has 3 rings (SSSR count). The highest BCUT2D eigenvalue weighted by Gasteiger charge is 2.35. The maximum atomic E-state index is 12.9. The van der Waals surface area contributed by atoms with E-state index in [1.165, 1.54) is 11.3 Å². The van der Waals surface area contributed by atoms with E-state index in [1.807, 2.05) is 28.5 Å². The molecule has 0 atom stereocenters. The summed E-state index contributed by atoms with van der Waals surface area (Å²) >= 11 is 1.51. The highest BCUT2D eigenvalue weighted by Crippen LogP contribution is 2.38. The molecular weight excluding hydrogens is 422 g/mol. The molecule has 1 amide bonds. The molecule has 1 fully saturated rings. The van der Waals surface area contributed by atoms with E-state index in [-0.39, 0.29) is 24.2 Å². The molecule has 0 N–H and O–H groups in total. The molecule has 2 aromatic rings.